The Bertz CT molecular complexity index is 1120. The largest absolute Gasteiger partial charge is 0.348 e. The van der Waals surface area contributed by atoms with Crippen LogP contribution in [0.5, 0.6) is 0 Å². The zero-order valence-corrected chi connectivity index (χ0v) is 16.3. The number of aromatic nitrogens is 4. The Morgan fingerprint density at radius 2 is 2.21 bits per heavy atom. The second-order valence-electron chi connectivity index (χ2n) is 7.42. The van der Waals surface area contributed by atoms with Gasteiger partial charge < -0.3 is 10.2 Å². The molecule has 0 bridgehead atoms. The van der Waals surface area contributed by atoms with E-state index in [2.05, 4.69) is 20.4 Å². The Morgan fingerprint density at radius 1 is 1.38 bits per heavy atom. The third-order valence-electron chi connectivity index (χ3n) is 5.08. The molecule has 3 aromatic heterocycles. The van der Waals surface area contributed by atoms with Crippen LogP contribution in [0.2, 0.25) is 0 Å². The number of rotatable bonds is 5. The topological polar surface area (TPSA) is 112 Å². The van der Waals surface area contributed by atoms with Gasteiger partial charge in [-0.2, -0.15) is 0 Å². The molecular formula is C20H22N6O3. The number of nitrogens with one attached hydrogen (secondary N) is 2. The molecule has 0 unspecified atom stereocenters. The van der Waals surface area contributed by atoms with E-state index in [1.165, 1.54) is 10.6 Å². The minimum absolute atomic E-state index is 0.0535. The summed E-state index contributed by atoms with van der Waals surface area (Å²) < 4.78 is 1.36. The van der Waals surface area contributed by atoms with E-state index < -0.39 is 12.0 Å². The third-order valence-corrected chi connectivity index (χ3v) is 5.08. The summed E-state index contributed by atoms with van der Waals surface area (Å²) in [6.45, 7) is 4.42. The zero-order chi connectivity index (χ0) is 20.5. The molecule has 9 nitrogen and oxygen atoms in total. The van der Waals surface area contributed by atoms with Crippen LogP contribution in [0, 0.1) is 12.8 Å². The fourth-order valence-corrected chi connectivity index (χ4v) is 3.57. The SMILES string of the molecule is Cc1cc2nc([C@@H](C)NC(=O)[C@H]3CC(=O)N(Cc4cccnc4)C3)cc(=O)n2[nH]1. The van der Waals surface area contributed by atoms with Crippen molar-refractivity contribution in [3.05, 3.63) is 64.0 Å². The van der Waals surface area contributed by atoms with Gasteiger partial charge >= 0.3 is 0 Å². The van der Waals surface area contributed by atoms with Gasteiger partial charge in [-0.3, -0.25) is 24.5 Å². The van der Waals surface area contributed by atoms with Crippen molar-refractivity contribution in [3.8, 4) is 0 Å². The fourth-order valence-electron chi connectivity index (χ4n) is 3.57. The van der Waals surface area contributed by atoms with Gasteiger partial charge in [-0.05, 0) is 25.5 Å². The maximum absolute atomic E-state index is 12.7. The highest BCUT2D eigenvalue weighted by atomic mass is 16.2. The number of fused-ring (bicyclic) bond motifs is 1. The average Bonchev–Trinajstić information content (AvgIpc) is 3.25. The Labute approximate surface area is 166 Å². The summed E-state index contributed by atoms with van der Waals surface area (Å²) in [5.41, 5.74) is 2.50. The number of amides is 2. The number of nitrogens with zero attached hydrogens (tertiary/aromatic N) is 4. The highest BCUT2D eigenvalue weighted by molar-refractivity contribution is 5.89. The molecule has 0 saturated carbocycles. The molecule has 9 heteroatoms. The fraction of sp³-hybridized carbons (Fsp3) is 0.350. The molecular weight excluding hydrogens is 372 g/mol. The van der Waals surface area contributed by atoms with Crippen molar-refractivity contribution in [1.29, 1.82) is 0 Å². The number of carbonyl (C=O) groups is 2. The van der Waals surface area contributed by atoms with Crippen molar-refractivity contribution in [2.45, 2.75) is 32.9 Å². The van der Waals surface area contributed by atoms with Crippen molar-refractivity contribution in [3.63, 3.8) is 0 Å². The molecule has 2 atom stereocenters. The van der Waals surface area contributed by atoms with E-state index in [9.17, 15) is 14.4 Å². The van der Waals surface area contributed by atoms with Gasteiger partial charge in [0.2, 0.25) is 11.8 Å². The van der Waals surface area contributed by atoms with Gasteiger partial charge in [-0.15, -0.1) is 0 Å². The molecule has 4 heterocycles. The Hall–Kier alpha value is -3.49. The number of H-pyrrole nitrogens is 1. The van der Waals surface area contributed by atoms with Gasteiger partial charge in [0, 0.05) is 49.7 Å². The van der Waals surface area contributed by atoms with Gasteiger partial charge in [0.15, 0.2) is 5.65 Å². The Morgan fingerprint density at radius 3 is 2.97 bits per heavy atom. The van der Waals surface area contributed by atoms with Crippen LogP contribution < -0.4 is 10.9 Å². The van der Waals surface area contributed by atoms with Gasteiger partial charge in [-0.25, -0.2) is 9.50 Å². The number of hydrogen-bond acceptors (Lipinski definition) is 5. The van der Waals surface area contributed by atoms with Crippen molar-refractivity contribution in [2.24, 2.45) is 5.92 Å². The Balaban J connectivity index is 1.42. The van der Waals surface area contributed by atoms with Crippen LogP contribution in [-0.4, -0.2) is 42.8 Å². The van der Waals surface area contributed by atoms with Crippen LogP contribution in [0.3, 0.4) is 0 Å². The number of likely N-dealkylation sites (tertiary alicyclic amines) is 1. The second kappa shape index (κ2) is 7.50. The number of hydrogen-bond donors (Lipinski definition) is 2. The first-order valence-corrected chi connectivity index (χ1v) is 9.47. The second-order valence-corrected chi connectivity index (χ2v) is 7.42. The molecule has 3 aromatic rings. The lowest BCUT2D eigenvalue weighted by Gasteiger charge is -2.18. The van der Waals surface area contributed by atoms with Crippen molar-refractivity contribution < 1.29 is 9.59 Å². The van der Waals surface area contributed by atoms with E-state index in [4.69, 9.17) is 0 Å². The van der Waals surface area contributed by atoms with E-state index in [0.29, 0.717) is 24.4 Å². The molecule has 29 heavy (non-hydrogen) atoms. The molecule has 2 N–H and O–H groups in total. The first kappa shape index (κ1) is 18.9. The van der Waals surface area contributed by atoms with Gasteiger partial charge in [0.1, 0.15) is 0 Å². The van der Waals surface area contributed by atoms with Crippen LogP contribution in [0.4, 0.5) is 0 Å². The summed E-state index contributed by atoms with van der Waals surface area (Å²) in [6, 6.07) is 6.45. The van der Waals surface area contributed by atoms with E-state index in [1.807, 2.05) is 19.1 Å². The standard InChI is InChI=1S/C20H22N6O3/c1-12-6-17-23-16(8-19(28)26(17)24-12)13(2)22-20(29)15-7-18(27)25(11-15)10-14-4-3-5-21-9-14/h3-6,8-9,13,15,24H,7,10-11H2,1-2H3,(H,22,29)/t13-,15+/m1/s1. The number of aryl methyl sites for hydroxylation is 1. The normalized spacial score (nSPS) is 17.7. The van der Waals surface area contributed by atoms with Crippen LogP contribution in [0.15, 0.2) is 41.5 Å². The molecule has 0 aliphatic carbocycles. The maximum atomic E-state index is 12.7. The first-order chi connectivity index (χ1) is 13.9. The number of aromatic amines is 1. The Kier molecular flexibility index (Phi) is 4.87. The molecule has 0 aromatic carbocycles. The predicted octanol–water partition coefficient (Wildman–Crippen LogP) is 0.952. The van der Waals surface area contributed by atoms with Gasteiger partial charge in [0.05, 0.1) is 17.7 Å². The van der Waals surface area contributed by atoms with Gasteiger partial charge in [-0.1, -0.05) is 6.07 Å². The predicted molar refractivity (Wildman–Crippen MR) is 105 cm³/mol. The molecule has 1 aliphatic heterocycles. The minimum atomic E-state index is -0.446. The minimum Gasteiger partial charge on any atom is -0.348 e. The smallest absolute Gasteiger partial charge is 0.272 e. The van der Waals surface area contributed by atoms with E-state index in [0.717, 1.165) is 11.3 Å². The summed E-state index contributed by atoms with van der Waals surface area (Å²) in [7, 11) is 0. The van der Waals surface area contributed by atoms with E-state index in [1.54, 1.807) is 30.3 Å². The monoisotopic (exact) mass is 394 g/mol. The molecule has 4 rings (SSSR count). The molecule has 1 saturated heterocycles. The first-order valence-electron chi connectivity index (χ1n) is 9.47. The van der Waals surface area contributed by atoms with Crippen LogP contribution >= 0.6 is 0 Å². The van der Waals surface area contributed by atoms with Crippen LogP contribution in [0.25, 0.3) is 5.65 Å². The molecule has 0 spiro atoms. The molecule has 0 radical (unpaired) electrons. The average molecular weight is 394 g/mol. The summed E-state index contributed by atoms with van der Waals surface area (Å²) in [4.78, 5) is 47.4. The van der Waals surface area contributed by atoms with Crippen LogP contribution in [-0.2, 0) is 16.1 Å². The summed E-state index contributed by atoms with van der Waals surface area (Å²) in [5.74, 6) is -0.699. The lowest BCUT2D eigenvalue weighted by molar-refractivity contribution is -0.129. The molecule has 1 fully saturated rings. The summed E-state index contributed by atoms with van der Waals surface area (Å²) in [6.07, 6.45) is 3.57. The zero-order valence-electron chi connectivity index (χ0n) is 16.3. The molecule has 150 valence electrons. The van der Waals surface area contributed by atoms with Crippen molar-refractivity contribution in [1.82, 2.24) is 29.8 Å². The molecule has 2 amide bonds. The van der Waals surface area contributed by atoms with E-state index in [-0.39, 0.29) is 23.8 Å². The quantitative estimate of drug-likeness (QED) is 0.669. The van der Waals surface area contributed by atoms with Crippen molar-refractivity contribution in [2.75, 3.05) is 6.54 Å². The summed E-state index contributed by atoms with van der Waals surface area (Å²) in [5, 5.41) is 5.81. The third kappa shape index (κ3) is 3.89. The van der Waals surface area contributed by atoms with Crippen LogP contribution in [0.1, 0.15) is 36.3 Å². The highest BCUT2D eigenvalue weighted by Crippen LogP contribution is 2.21. The van der Waals surface area contributed by atoms with Crippen molar-refractivity contribution >= 4 is 17.5 Å². The summed E-state index contributed by atoms with van der Waals surface area (Å²) >= 11 is 0. The molecule has 1 aliphatic rings. The van der Waals surface area contributed by atoms with Gasteiger partial charge in [0.25, 0.3) is 5.56 Å². The van der Waals surface area contributed by atoms with E-state index >= 15 is 0 Å². The lowest BCUT2D eigenvalue weighted by Crippen LogP contribution is -2.35. The highest BCUT2D eigenvalue weighted by Gasteiger charge is 2.34. The lowest BCUT2D eigenvalue weighted by atomic mass is 10.1. The maximum Gasteiger partial charge on any atom is 0.272 e. The number of pyridine rings is 1. The number of carbonyl (C=O) groups excluding carboxylic acids is 2.